The third kappa shape index (κ3) is 4.16. The lowest BCUT2D eigenvalue weighted by Gasteiger charge is -2.35. The van der Waals surface area contributed by atoms with Crippen molar-refractivity contribution < 1.29 is 14.5 Å². The van der Waals surface area contributed by atoms with Crippen LogP contribution in [0.3, 0.4) is 0 Å². The first kappa shape index (κ1) is 20.3. The number of carbonyl (C=O) groups is 1. The molecule has 1 unspecified atom stereocenters. The van der Waals surface area contributed by atoms with Crippen molar-refractivity contribution in [3.8, 4) is 5.75 Å². The van der Waals surface area contributed by atoms with Gasteiger partial charge in [0.1, 0.15) is 5.75 Å². The molecule has 0 saturated carbocycles. The molecule has 0 spiro atoms. The normalized spacial score (nSPS) is 20.5. The first-order valence-corrected chi connectivity index (χ1v) is 10.5. The Labute approximate surface area is 176 Å². The number of nitro benzene ring substituents is 1. The molecule has 7 nitrogen and oxygen atoms in total. The molecule has 30 heavy (non-hydrogen) atoms. The van der Waals surface area contributed by atoms with Crippen LogP contribution < -0.4 is 9.64 Å². The fraction of sp³-hybridized carbons (Fsp3) is 0.435. The number of hydrogen-bond acceptors (Lipinski definition) is 5. The Morgan fingerprint density at radius 2 is 1.83 bits per heavy atom. The van der Waals surface area contributed by atoms with E-state index in [4.69, 9.17) is 4.74 Å². The number of amides is 1. The first-order chi connectivity index (χ1) is 14.6. The molecule has 0 radical (unpaired) electrons. The van der Waals surface area contributed by atoms with E-state index in [1.54, 1.807) is 24.1 Å². The molecule has 1 amide bonds. The summed E-state index contributed by atoms with van der Waals surface area (Å²) >= 11 is 0. The number of nitrogens with zero attached hydrogens (tertiary/aromatic N) is 3. The van der Waals surface area contributed by atoms with E-state index in [1.807, 2.05) is 18.2 Å². The van der Waals surface area contributed by atoms with Gasteiger partial charge in [-0.05, 0) is 62.4 Å². The zero-order chi connectivity index (χ0) is 21.1. The molecule has 2 aromatic carbocycles. The number of para-hydroxylation sites is 1. The Morgan fingerprint density at radius 1 is 1.07 bits per heavy atom. The van der Waals surface area contributed by atoms with Crippen molar-refractivity contribution in [2.24, 2.45) is 5.92 Å². The maximum atomic E-state index is 13.0. The van der Waals surface area contributed by atoms with Crippen LogP contribution in [0.2, 0.25) is 0 Å². The Kier molecular flexibility index (Phi) is 5.99. The number of methoxy groups -OCH3 is 1. The Balaban J connectivity index is 1.36. The summed E-state index contributed by atoms with van der Waals surface area (Å²) in [6.45, 7) is 2.41. The van der Waals surface area contributed by atoms with Crippen LogP contribution in [0, 0.1) is 16.0 Å². The van der Waals surface area contributed by atoms with Gasteiger partial charge in [0.05, 0.1) is 23.8 Å². The van der Waals surface area contributed by atoms with Crippen molar-refractivity contribution >= 4 is 17.3 Å². The maximum Gasteiger partial charge on any atom is 0.271 e. The van der Waals surface area contributed by atoms with Crippen LogP contribution in [0.1, 0.15) is 24.8 Å². The second-order valence-corrected chi connectivity index (χ2v) is 8.07. The van der Waals surface area contributed by atoms with Gasteiger partial charge in [-0.2, -0.15) is 0 Å². The van der Waals surface area contributed by atoms with Gasteiger partial charge in [-0.1, -0.05) is 24.3 Å². The van der Waals surface area contributed by atoms with Crippen molar-refractivity contribution in [3.63, 3.8) is 0 Å². The fourth-order valence-corrected chi connectivity index (χ4v) is 4.69. The zero-order valence-electron chi connectivity index (χ0n) is 17.2. The van der Waals surface area contributed by atoms with E-state index in [9.17, 15) is 14.9 Å². The summed E-state index contributed by atoms with van der Waals surface area (Å²) in [7, 11) is 1.71. The maximum absolute atomic E-state index is 13.0. The molecule has 4 rings (SSSR count). The van der Waals surface area contributed by atoms with Gasteiger partial charge in [0.25, 0.3) is 5.69 Å². The second-order valence-electron chi connectivity index (χ2n) is 8.07. The van der Waals surface area contributed by atoms with E-state index >= 15 is 0 Å². The molecule has 2 saturated heterocycles. The predicted molar refractivity (Wildman–Crippen MR) is 115 cm³/mol. The van der Waals surface area contributed by atoms with E-state index in [0.717, 1.165) is 44.5 Å². The third-order valence-electron chi connectivity index (χ3n) is 6.32. The summed E-state index contributed by atoms with van der Waals surface area (Å²) in [6, 6.07) is 14.4. The lowest BCUT2D eigenvalue weighted by Crippen LogP contribution is -2.46. The zero-order valence-corrected chi connectivity index (χ0v) is 17.2. The second kappa shape index (κ2) is 8.83. The molecule has 158 valence electrons. The molecule has 0 aromatic heterocycles. The summed E-state index contributed by atoms with van der Waals surface area (Å²) in [5.74, 6) is 1.58. The number of piperidine rings is 1. The van der Waals surface area contributed by atoms with E-state index in [-0.39, 0.29) is 17.6 Å². The van der Waals surface area contributed by atoms with Crippen LogP contribution in [0.25, 0.3) is 0 Å². The number of hydrogen-bond donors (Lipinski definition) is 0. The third-order valence-corrected chi connectivity index (χ3v) is 6.32. The summed E-state index contributed by atoms with van der Waals surface area (Å²) in [5, 5.41) is 11.0. The van der Waals surface area contributed by atoms with Gasteiger partial charge in [0.15, 0.2) is 0 Å². The van der Waals surface area contributed by atoms with Gasteiger partial charge in [0.2, 0.25) is 5.91 Å². The summed E-state index contributed by atoms with van der Waals surface area (Å²) in [4.78, 5) is 27.7. The Morgan fingerprint density at radius 3 is 2.57 bits per heavy atom. The highest BCUT2D eigenvalue weighted by molar-refractivity contribution is 5.99. The predicted octanol–water partition coefficient (Wildman–Crippen LogP) is 3.66. The molecule has 0 bridgehead atoms. The van der Waals surface area contributed by atoms with Gasteiger partial charge in [0, 0.05) is 18.7 Å². The molecular formula is C23H27N3O4. The number of benzene rings is 2. The molecule has 0 aliphatic carbocycles. The lowest BCUT2D eigenvalue weighted by atomic mass is 9.89. The topological polar surface area (TPSA) is 75.9 Å². The average molecular weight is 409 g/mol. The van der Waals surface area contributed by atoms with E-state index in [2.05, 4.69) is 11.0 Å². The fourth-order valence-electron chi connectivity index (χ4n) is 4.69. The molecule has 2 aliphatic heterocycles. The molecule has 0 N–H and O–H groups in total. The van der Waals surface area contributed by atoms with Crippen LogP contribution in [-0.2, 0) is 11.2 Å². The number of nitro groups is 1. The summed E-state index contributed by atoms with van der Waals surface area (Å²) in [5.41, 5.74) is 1.87. The monoisotopic (exact) mass is 409 g/mol. The number of ether oxygens (including phenoxy) is 1. The minimum atomic E-state index is -0.423. The highest BCUT2D eigenvalue weighted by atomic mass is 16.6. The van der Waals surface area contributed by atoms with Crippen LogP contribution in [0.4, 0.5) is 11.4 Å². The van der Waals surface area contributed by atoms with E-state index in [0.29, 0.717) is 18.2 Å². The highest BCUT2D eigenvalue weighted by Gasteiger charge is 2.38. The number of likely N-dealkylation sites (tertiary alicyclic amines) is 1. The van der Waals surface area contributed by atoms with Crippen molar-refractivity contribution in [3.05, 3.63) is 64.2 Å². The van der Waals surface area contributed by atoms with Crippen LogP contribution in [0.5, 0.6) is 5.75 Å². The molecule has 7 heteroatoms. The van der Waals surface area contributed by atoms with Gasteiger partial charge < -0.3 is 9.64 Å². The molecule has 2 heterocycles. The summed E-state index contributed by atoms with van der Waals surface area (Å²) in [6.07, 6.45) is 3.87. The highest BCUT2D eigenvalue weighted by Crippen LogP contribution is 2.31. The van der Waals surface area contributed by atoms with Gasteiger partial charge in [-0.15, -0.1) is 0 Å². The minimum absolute atomic E-state index is 0.0147. The van der Waals surface area contributed by atoms with E-state index in [1.165, 1.54) is 17.7 Å². The van der Waals surface area contributed by atoms with Gasteiger partial charge in [-0.3, -0.25) is 19.8 Å². The molecule has 1 atom stereocenters. The molecule has 2 aromatic rings. The largest absolute Gasteiger partial charge is 0.496 e. The summed E-state index contributed by atoms with van der Waals surface area (Å²) < 4.78 is 5.48. The number of non-ortho nitro benzene ring substituents is 1. The van der Waals surface area contributed by atoms with Gasteiger partial charge in [-0.25, -0.2) is 0 Å². The first-order valence-electron chi connectivity index (χ1n) is 10.5. The van der Waals surface area contributed by atoms with Crippen LogP contribution >= 0.6 is 0 Å². The van der Waals surface area contributed by atoms with Crippen molar-refractivity contribution in [1.29, 1.82) is 0 Å². The van der Waals surface area contributed by atoms with Crippen LogP contribution in [0.15, 0.2) is 48.5 Å². The van der Waals surface area contributed by atoms with Crippen LogP contribution in [-0.4, -0.2) is 48.5 Å². The Hall–Kier alpha value is -2.93. The Bertz CT molecular complexity index is 924. The van der Waals surface area contributed by atoms with Crippen molar-refractivity contribution in [1.82, 2.24) is 4.90 Å². The van der Waals surface area contributed by atoms with E-state index < -0.39 is 4.92 Å². The molecule has 2 fully saturated rings. The van der Waals surface area contributed by atoms with Crippen molar-refractivity contribution in [2.75, 3.05) is 31.6 Å². The standard InChI is InChI=1S/C23H27N3O4/c1-30-22-8-3-2-5-18(22)15-17-9-12-24(13-10-17)21-11-14-25(23(21)27)19-6-4-7-20(16-19)26(28)29/h2-8,16-17,21H,9-15H2,1H3. The number of carbonyl (C=O) groups excluding carboxylic acids is 1. The molecule has 2 aliphatic rings. The van der Waals surface area contributed by atoms with Gasteiger partial charge >= 0.3 is 0 Å². The molecular weight excluding hydrogens is 382 g/mol. The SMILES string of the molecule is COc1ccccc1CC1CCN(C2CCN(c3cccc([N+](=O)[O-])c3)C2=O)CC1. The quantitative estimate of drug-likeness (QED) is 0.538. The number of rotatable bonds is 6. The average Bonchev–Trinajstić information content (AvgIpc) is 3.16. The van der Waals surface area contributed by atoms with Crippen molar-refractivity contribution in [2.45, 2.75) is 31.7 Å². The lowest BCUT2D eigenvalue weighted by molar-refractivity contribution is -0.384. The minimum Gasteiger partial charge on any atom is -0.496 e. The smallest absolute Gasteiger partial charge is 0.271 e. The number of anilines is 1.